The van der Waals surface area contributed by atoms with Gasteiger partial charge in [0.1, 0.15) is 0 Å². The van der Waals surface area contributed by atoms with Gasteiger partial charge >= 0.3 is 6.36 Å². The average molecular weight is 384 g/mol. The van der Waals surface area contributed by atoms with Crippen LogP contribution in [0.2, 0.25) is 24.7 Å². The zero-order valence-corrected chi connectivity index (χ0v) is 16.1. The standard InChI is InChI=1S/C20H24F4OSi/c1-3-12-26(2)13-10-16(11-14-26)6-4-5-7-17-8-9-19(18(21)15-17)25-20(22,23)24/h4,6,8-9,15-16H,3,10-14H2,1-2H3/b6-4+. The fourth-order valence-corrected chi connectivity index (χ4v) is 7.57. The van der Waals surface area contributed by atoms with Gasteiger partial charge in [-0.05, 0) is 43.0 Å². The van der Waals surface area contributed by atoms with Crippen molar-refractivity contribution in [3.8, 4) is 17.6 Å². The lowest BCUT2D eigenvalue weighted by atomic mass is 10.0. The number of rotatable bonds is 4. The van der Waals surface area contributed by atoms with Crippen LogP contribution in [0.5, 0.6) is 5.75 Å². The minimum atomic E-state index is -4.91. The van der Waals surface area contributed by atoms with Gasteiger partial charge in [0.15, 0.2) is 11.6 Å². The van der Waals surface area contributed by atoms with Gasteiger partial charge in [-0.2, -0.15) is 0 Å². The zero-order valence-electron chi connectivity index (χ0n) is 15.1. The second-order valence-corrected chi connectivity index (χ2v) is 12.3. The van der Waals surface area contributed by atoms with Crippen molar-refractivity contribution in [1.29, 1.82) is 0 Å². The minimum Gasteiger partial charge on any atom is -0.403 e. The molecule has 0 radical (unpaired) electrons. The molecule has 0 amide bonds. The van der Waals surface area contributed by atoms with Crippen molar-refractivity contribution in [2.75, 3.05) is 0 Å². The summed E-state index contributed by atoms with van der Waals surface area (Å²) in [6.07, 6.45) is 2.65. The number of allylic oxidation sites excluding steroid dienone is 2. The van der Waals surface area contributed by atoms with Gasteiger partial charge in [0.25, 0.3) is 0 Å². The second-order valence-electron chi connectivity index (χ2n) is 7.22. The Morgan fingerprint density at radius 3 is 2.54 bits per heavy atom. The van der Waals surface area contributed by atoms with Crippen molar-refractivity contribution in [3.63, 3.8) is 0 Å². The first-order chi connectivity index (χ1) is 12.2. The summed E-state index contributed by atoms with van der Waals surface area (Å²) < 4.78 is 53.5. The normalized spacial score (nSPS) is 23.5. The first-order valence-electron chi connectivity index (χ1n) is 8.94. The molecule has 1 heterocycles. The van der Waals surface area contributed by atoms with Crippen LogP contribution in [0.3, 0.4) is 0 Å². The van der Waals surface area contributed by atoms with Crippen molar-refractivity contribution in [1.82, 2.24) is 0 Å². The highest BCUT2D eigenvalue weighted by molar-refractivity contribution is 6.78. The monoisotopic (exact) mass is 384 g/mol. The number of alkyl halides is 3. The Morgan fingerprint density at radius 2 is 1.96 bits per heavy atom. The Bertz CT molecular complexity index is 692. The minimum absolute atomic E-state index is 0.313. The fraction of sp³-hybridized carbons (Fsp3) is 0.500. The van der Waals surface area contributed by atoms with Crippen LogP contribution < -0.4 is 4.74 Å². The maximum atomic E-state index is 13.6. The third-order valence-corrected chi connectivity index (χ3v) is 9.62. The summed E-state index contributed by atoms with van der Waals surface area (Å²) in [5, 5.41) is 0. The molecule has 1 aromatic rings. The van der Waals surface area contributed by atoms with Crippen LogP contribution in [0.1, 0.15) is 31.7 Å². The zero-order chi connectivity index (χ0) is 19.2. The van der Waals surface area contributed by atoms with E-state index in [0.717, 1.165) is 12.1 Å². The van der Waals surface area contributed by atoms with Gasteiger partial charge in [-0.1, -0.05) is 55.9 Å². The Kier molecular flexibility index (Phi) is 6.93. The quantitative estimate of drug-likeness (QED) is 0.326. The number of benzene rings is 1. The molecule has 0 aromatic heterocycles. The first kappa shape index (κ1) is 20.6. The lowest BCUT2D eigenvalue weighted by molar-refractivity contribution is -0.275. The summed E-state index contributed by atoms with van der Waals surface area (Å²) in [6.45, 7) is 4.75. The topological polar surface area (TPSA) is 9.23 Å². The van der Waals surface area contributed by atoms with Crippen LogP contribution in [-0.4, -0.2) is 14.4 Å². The summed E-state index contributed by atoms with van der Waals surface area (Å²) in [5.74, 6) is 4.20. The highest BCUT2D eigenvalue weighted by Gasteiger charge is 2.32. The lowest BCUT2D eigenvalue weighted by Gasteiger charge is -2.34. The molecule has 26 heavy (non-hydrogen) atoms. The van der Waals surface area contributed by atoms with Gasteiger partial charge in [-0.25, -0.2) is 4.39 Å². The van der Waals surface area contributed by atoms with E-state index in [2.05, 4.69) is 36.1 Å². The van der Waals surface area contributed by atoms with Gasteiger partial charge < -0.3 is 4.74 Å². The van der Waals surface area contributed by atoms with E-state index < -0.39 is 26.0 Å². The molecule has 0 N–H and O–H groups in total. The van der Waals surface area contributed by atoms with Gasteiger partial charge in [0.05, 0.1) is 8.07 Å². The Balaban J connectivity index is 1.90. The molecule has 0 aliphatic carbocycles. The maximum absolute atomic E-state index is 13.6. The summed E-state index contributed by atoms with van der Waals surface area (Å²) in [7, 11) is -1.01. The van der Waals surface area contributed by atoms with E-state index in [9.17, 15) is 17.6 Å². The van der Waals surface area contributed by atoms with E-state index in [1.807, 2.05) is 0 Å². The number of ether oxygens (including phenoxy) is 1. The van der Waals surface area contributed by atoms with Crippen LogP contribution in [0.4, 0.5) is 17.6 Å². The van der Waals surface area contributed by atoms with Gasteiger partial charge in [-0.3, -0.25) is 0 Å². The van der Waals surface area contributed by atoms with E-state index >= 15 is 0 Å². The molecule has 0 unspecified atom stereocenters. The molecule has 1 aliphatic rings. The average Bonchev–Trinajstić information content (AvgIpc) is 2.55. The summed E-state index contributed by atoms with van der Waals surface area (Å²) in [6, 6.07) is 7.32. The first-order valence-corrected chi connectivity index (χ1v) is 12.1. The van der Waals surface area contributed by atoms with E-state index in [0.29, 0.717) is 11.5 Å². The van der Waals surface area contributed by atoms with Crippen molar-refractivity contribution in [2.24, 2.45) is 5.92 Å². The summed E-state index contributed by atoms with van der Waals surface area (Å²) in [5.41, 5.74) is 0.313. The third-order valence-electron chi connectivity index (χ3n) is 4.92. The highest BCUT2D eigenvalue weighted by atomic mass is 28.3. The number of halogens is 4. The molecule has 0 bridgehead atoms. The molecule has 6 heteroatoms. The lowest BCUT2D eigenvalue weighted by Crippen LogP contribution is -2.34. The molecule has 0 atom stereocenters. The highest BCUT2D eigenvalue weighted by Crippen LogP contribution is 2.36. The van der Waals surface area contributed by atoms with Crippen LogP contribution in [0, 0.1) is 23.6 Å². The predicted octanol–water partition coefficient (Wildman–Crippen LogP) is 6.53. The molecule has 142 valence electrons. The third kappa shape index (κ3) is 6.53. The van der Waals surface area contributed by atoms with Crippen molar-refractivity contribution in [2.45, 2.75) is 57.2 Å². The molecule has 1 saturated heterocycles. The smallest absolute Gasteiger partial charge is 0.403 e. The molecule has 1 aliphatic heterocycles. The van der Waals surface area contributed by atoms with E-state index in [1.54, 1.807) is 6.08 Å². The van der Waals surface area contributed by atoms with E-state index in [4.69, 9.17) is 0 Å². The number of hydrogen-bond acceptors (Lipinski definition) is 1. The van der Waals surface area contributed by atoms with Gasteiger partial charge in [-0.15, -0.1) is 13.2 Å². The molecule has 1 nitrogen and oxygen atoms in total. The Hall–Kier alpha value is -1.74. The van der Waals surface area contributed by atoms with Crippen LogP contribution in [0.15, 0.2) is 30.4 Å². The molecule has 0 spiro atoms. The SMILES string of the molecule is CCC[Si]1(C)CCC(/C=C/C#Cc2ccc(OC(F)(F)F)c(F)c2)CC1. The van der Waals surface area contributed by atoms with Crippen LogP contribution in [0.25, 0.3) is 0 Å². The summed E-state index contributed by atoms with van der Waals surface area (Å²) in [4.78, 5) is 0. The largest absolute Gasteiger partial charge is 0.573 e. The van der Waals surface area contributed by atoms with Crippen molar-refractivity contribution < 1.29 is 22.3 Å². The molecule has 2 rings (SSSR count). The Morgan fingerprint density at radius 1 is 1.27 bits per heavy atom. The molecule has 1 aromatic carbocycles. The van der Waals surface area contributed by atoms with Gasteiger partial charge in [0.2, 0.25) is 0 Å². The fourth-order valence-electron chi connectivity index (χ4n) is 3.48. The number of hydrogen-bond donors (Lipinski definition) is 0. The molecular formula is C20H24F4OSi. The van der Waals surface area contributed by atoms with Gasteiger partial charge in [0, 0.05) is 5.56 Å². The van der Waals surface area contributed by atoms with Crippen LogP contribution in [-0.2, 0) is 0 Å². The second kappa shape index (κ2) is 8.76. The van der Waals surface area contributed by atoms with Crippen molar-refractivity contribution in [3.05, 3.63) is 41.7 Å². The molecule has 1 fully saturated rings. The summed E-state index contributed by atoms with van der Waals surface area (Å²) >= 11 is 0. The van der Waals surface area contributed by atoms with Crippen LogP contribution >= 0.6 is 0 Å². The molecular weight excluding hydrogens is 360 g/mol. The van der Waals surface area contributed by atoms with E-state index in [1.165, 1.54) is 43.5 Å². The van der Waals surface area contributed by atoms with Crippen molar-refractivity contribution >= 4 is 8.07 Å². The Labute approximate surface area is 153 Å². The molecule has 0 saturated carbocycles. The van der Waals surface area contributed by atoms with E-state index in [-0.39, 0.29) is 0 Å². The maximum Gasteiger partial charge on any atom is 0.573 e. The predicted molar refractivity (Wildman–Crippen MR) is 98.2 cm³/mol.